The van der Waals surface area contributed by atoms with Gasteiger partial charge >= 0.3 is 0 Å². The highest BCUT2D eigenvalue weighted by atomic mass is 32.1. The molecule has 0 aliphatic heterocycles. The van der Waals surface area contributed by atoms with Crippen LogP contribution in [0.2, 0.25) is 0 Å². The standard InChI is InChI=1S/C13H22N4S/c1-8(2)6-5-7-15-13-11(12(14)18)9(3)10(4)16-17-13/h8H,5-7H2,1-4H3,(H2,14,18)(H,15,17). The second kappa shape index (κ2) is 6.64. The lowest BCUT2D eigenvalue weighted by Gasteiger charge is -2.13. The maximum atomic E-state index is 5.76. The average Bonchev–Trinajstić information content (AvgIpc) is 2.28. The SMILES string of the molecule is Cc1nnc(NCCCC(C)C)c(C(N)=S)c1C. The second-order valence-electron chi connectivity index (χ2n) is 4.96. The van der Waals surface area contributed by atoms with Crippen LogP contribution < -0.4 is 11.1 Å². The van der Waals surface area contributed by atoms with E-state index in [9.17, 15) is 0 Å². The summed E-state index contributed by atoms with van der Waals surface area (Å²) in [4.78, 5) is 0.372. The van der Waals surface area contributed by atoms with E-state index in [-0.39, 0.29) is 0 Å². The summed E-state index contributed by atoms with van der Waals surface area (Å²) in [6.45, 7) is 9.18. The minimum Gasteiger partial charge on any atom is -0.389 e. The molecule has 0 amide bonds. The van der Waals surface area contributed by atoms with E-state index in [0.717, 1.165) is 29.8 Å². The number of nitrogens with zero attached hydrogens (tertiary/aromatic N) is 2. The molecule has 0 aromatic carbocycles. The molecule has 0 bridgehead atoms. The Kier molecular flexibility index (Phi) is 5.47. The first-order valence-corrected chi connectivity index (χ1v) is 6.71. The van der Waals surface area contributed by atoms with Crippen molar-refractivity contribution in [3.05, 3.63) is 16.8 Å². The van der Waals surface area contributed by atoms with Gasteiger partial charge in [0.1, 0.15) is 4.99 Å². The van der Waals surface area contributed by atoms with E-state index in [1.54, 1.807) is 0 Å². The van der Waals surface area contributed by atoms with E-state index >= 15 is 0 Å². The van der Waals surface area contributed by atoms with Gasteiger partial charge in [-0.3, -0.25) is 0 Å². The molecule has 0 aliphatic rings. The quantitative estimate of drug-likeness (QED) is 0.612. The number of hydrogen-bond donors (Lipinski definition) is 2. The van der Waals surface area contributed by atoms with Gasteiger partial charge in [0, 0.05) is 6.54 Å². The number of aromatic nitrogens is 2. The molecule has 4 nitrogen and oxygen atoms in total. The molecule has 100 valence electrons. The fraction of sp³-hybridized carbons (Fsp3) is 0.615. The van der Waals surface area contributed by atoms with Gasteiger partial charge in [-0.2, -0.15) is 5.10 Å². The highest BCUT2D eigenvalue weighted by Crippen LogP contribution is 2.18. The zero-order valence-corrected chi connectivity index (χ0v) is 12.4. The summed E-state index contributed by atoms with van der Waals surface area (Å²) in [5.74, 6) is 1.42. The zero-order chi connectivity index (χ0) is 13.7. The number of nitrogens with two attached hydrogens (primary N) is 1. The van der Waals surface area contributed by atoms with Crippen LogP contribution in [0.15, 0.2) is 0 Å². The lowest BCUT2D eigenvalue weighted by atomic mass is 10.1. The van der Waals surface area contributed by atoms with Crippen LogP contribution in [-0.2, 0) is 0 Å². The summed E-state index contributed by atoms with van der Waals surface area (Å²) >= 11 is 5.09. The van der Waals surface area contributed by atoms with E-state index in [2.05, 4.69) is 29.4 Å². The number of thiocarbonyl (C=S) groups is 1. The lowest BCUT2D eigenvalue weighted by Crippen LogP contribution is -2.18. The molecule has 0 fully saturated rings. The van der Waals surface area contributed by atoms with Crippen molar-refractivity contribution in [3.63, 3.8) is 0 Å². The molecular weight excluding hydrogens is 244 g/mol. The fourth-order valence-electron chi connectivity index (χ4n) is 1.75. The van der Waals surface area contributed by atoms with Crippen LogP contribution in [0.25, 0.3) is 0 Å². The van der Waals surface area contributed by atoms with Gasteiger partial charge in [-0.1, -0.05) is 26.1 Å². The predicted octanol–water partition coefficient (Wildman–Crippen LogP) is 2.58. The number of hydrogen-bond acceptors (Lipinski definition) is 4. The number of nitrogens with one attached hydrogen (secondary N) is 1. The molecule has 1 rings (SSSR count). The number of anilines is 1. The Hall–Kier alpha value is -1.23. The molecule has 0 aliphatic carbocycles. The summed E-state index contributed by atoms with van der Waals surface area (Å²) in [5.41, 5.74) is 8.45. The minimum absolute atomic E-state index is 0.372. The van der Waals surface area contributed by atoms with Crippen LogP contribution in [0.3, 0.4) is 0 Å². The maximum Gasteiger partial charge on any atom is 0.159 e. The zero-order valence-electron chi connectivity index (χ0n) is 11.6. The Morgan fingerprint density at radius 3 is 2.56 bits per heavy atom. The van der Waals surface area contributed by atoms with E-state index < -0.39 is 0 Å². The van der Waals surface area contributed by atoms with Gasteiger partial charge in [-0.15, -0.1) is 5.10 Å². The van der Waals surface area contributed by atoms with Gasteiger partial charge in [0.25, 0.3) is 0 Å². The maximum absolute atomic E-state index is 5.76. The van der Waals surface area contributed by atoms with Gasteiger partial charge in [-0.25, -0.2) is 0 Å². The topological polar surface area (TPSA) is 63.8 Å². The van der Waals surface area contributed by atoms with Crippen molar-refractivity contribution in [2.45, 2.75) is 40.5 Å². The molecule has 0 saturated heterocycles. The summed E-state index contributed by atoms with van der Waals surface area (Å²) in [6.07, 6.45) is 2.29. The van der Waals surface area contributed by atoms with E-state index in [1.807, 2.05) is 13.8 Å². The molecule has 1 aromatic rings. The van der Waals surface area contributed by atoms with Crippen molar-refractivity contribution in [2.24, 2.45) is 11.7 Å². The van der Waals surface area contributed by atoms with E-state index in [1.165, 1.54) is 6.42 Å². The monoisotopic (exact) mass is 266 g/mol. The molecule has 0 unspecified atom stereocenters. The van der Waals surface area contributed by atoms with Crippen molar-refractivity contribution >= 4 is 23.0 Å². The van der Waals surface area contributed by atoms with E-state index in [0.29, 0.717) is 16.7 Å². The molecular formula is C13H22N4S. The third kappa shape index (κ3) is 3.91. The van der Waals surface area contributed by atoms with Crippen molar-refractivity contribution in [2.75, 3.05) is 11.9 Å². The molecule has 18 heavy (non-hydrogen) atoms. The second-order valence-corrected chi connectivity index (χ2v) is 5.40. The molecule has 5 heteroatoms. The van der Waals surface area contributed by atoms with E-state index in [4.69, 9.17) is 18.0 Å². The number of rotatable bonds is 6. The summed E-state index contributed by atoms with van der Waals surface area (Å²) < 4.78 is 0. The van der Waals surface area contributed by atoms with Crippen molar-refractivity contribution in [1.29, 1.82) is 0 Å². The summed E-state index contributed by atoms with van der Waals surface area (Å²) in [6, 6.07) is 0. The van der Waals surface area contributed by atoms with Crippen LogP contribution in [0, 0.1) is 19.8 Å². The smallest absolute Gasteiger partial charge is 0.159 e. The summed E-state index contributed by atoms with van der Waals surface area (Å²) in [7, 11) is 0. The predicted molar refractivity (Wildman–Crippen MR) is 80.0 cm³/mol. The Labute approximate surface area is 114 Å². The van der Waals surface area contributed by atoms with Crippen molar-refractivity contribution in [1.82, 2.24) is 10.2 Å². The Morgan fingerprint density at radius 2 is 2.00 bits per heavy atom. The molecule has 0 saturated carbocycles. The van der Waals surface area contributed by atoms with Crippen LogP contribution in [0.5, 0.6) is 0 Å². The molecule has 0 radical (unpaired) electrons. The van der Waals surface area contributed by atoms with Crippen molar-refractivity contribution in [3.8, 4) is 0 Å². The van der Waals surface area contributed by atoms with Gasteiger partial charge in [0.2, 0.25) is 0 Å². The lowest BCUT2D eigenvalue weighted by molar-refractivity contribution is 0.566. The molecule has 1 heterocycles. The largest absolute Gasteiger partial charge is 0.389 e. The van der Waals surface area contributed by atoms with Gasteiger partial charge < -0.3 is 11.1 Å². The highest BCUT2D eigenvalue weighted by Gasteiger charge is 2.12. The molecule has 3 N–H and O–H groups in total. The number of aryl methyl sites for hydroxylation is 1. The molecule has 0 spiro atoms. The Balaban J connectivity index is 2.76. The van der Waals surface area contributed by atoms with Gasteiger partial charge in [-0.05, 0) is 38.2 Å². The fourth-order valence-corrected chi connectivity index (χ4v) is 2.00. The first kappa shape index (κ1) is 14.8. The van der Waals surface area contributed by atoms with Crippen LogP contribution in [-0.4, -0.2) is 21.7 Å². The van der Waals surface area contributed by atoms with Crippen LogP contribution in [0.4, 0.5) is 5.82 Å². The molecule has 1 aromatic heterocycles. The van der Waals surface area contributed by atoms with Gasteiger partial charge in [0.15, 0.2) is 5.82 Å². The first-order valence-electron chi connectivity index (χ1n) is 6.31. The van der Waals surface area contributed by atoms with Gasteiger partial charge in [0.05, 0.1) is 11.3 Å². The van der Waals surface area contributed by atoms with Crippen LogP contribution in [0.1, 0.15) is 43.5 Å². The average molecular weight is 266 g/mol. The van der Waals surface area contributed by atoms with Crippen molar-refractivity contribution < 1.29 is 0 Å². The Morgan fingerprint density at radius 1 is 1.33 bits per heavy atom. The van der Waals surface area contributed by atoms with Crippen LogP contribution >= 0.6 is 12.2 Å². The normalized spacial score (nSPS) is 10.7. The minimum atomic E-state index is 0.372. The third-order valence-electron chi connectivity index (χ3n) is 2.95. The molecule has 0 atom stereocenters. The summed E-state index contributed by atoms with van der Waals surface area (Å²) in [5, 5.41) is 11.5. The third-order valence-corrected chi connectivity index (χ3v) is 3.16. The Bertz CT molecular complexity index is 429. The first-order chi connectivity index (χ1) is 8.43. The highest BCUT2D eigenvalue weighted by molar-refractivity contribution is 7.80.